The van der Waals surface area contributed by atoms with Gasteiger partial charge in [0, 0.05) is 30.9 Å². The van der Waals surface area contributed by atoms with Crippen LogP contribution in [-0.2, 0) is 28.6 Å². The molecule has 8 nitrogen and oxygen atoms in total. The van der Waals surface area contributed by atoms with E-state index in [4.69, 9.17) is 14.2 Å². The van der Waals surface area contributed by atoms with E-state index >= 15 is 0 Å². The number of cyclic esters (lactones) is 1. The third kappa shape index (κ3) is 3.38. The first-order valence-corrected chi connectivity index (χ1v) is 9.28. The highest BCUT2D eigenvalue weighted by atomic mass is 16.6. The highest BCUT2D eigenvalue weighted by Gasteiger charge is 2.51. The molecule has 28 heavy (non-hydrogen) atoms. The van der Waals surface area contributed by atoms with Crippen LogP contribution in [0.1, 0.15) is 33.6 Å². The monoisotopic (exact) mass is 391 g/mol. The lowest BCUT2D eigenvalue weighted by Crippen LogP contribution is -2.49. The first kappa shape index (κ1) is 20.3. The molecule has 3 aliphatic rings. The molecule has 2 fully saturated rings. The van der Waals surface area contributed by atoms with E-state index in [0.717, 1.165) is 0 Å². The van der Waals surface area contributed by atoms with Gasteiger partial charge in [-0.05, 0) is 25.5 Å². The SMILES string of the molecule is C=C1C/C(=C\C)C(=O)OC2CC[N+]3([O-])CC=C(COC(=O)C1(C)OC(C)=O)C23. The molecular formula is C20H25NO7. The zero-order valence-corrected chi connectivity index (χ0v) is 16.4. The molecular weight excluding hydrogens is 366 g/mol. The number of ether oxygens (including phenoxy) is 3. The predicted octanol–water partition coefficient (Wildman–Crippen LogP) is 1.70. The fourth-order valence-corrected chi connectivity index (χ4v) is 4.09. The molecule has 2 saturated heterocycles. The lowest BCUT2D eigenvalue weighted by Gasteiger charge is -2.40. The summed E-state index contributed by atoms with van der Waals surface area (Å²) in [5.41, 5.74) is -0.652. The summed E-state index contributed by atoms with van der Waals surface area (Å²) in [5.74, 6) is -2.03. The first-order valence-electron chi connectivity index (χ1n) is 9.28. The lowest BCUT2D eigenvalue weighted by molar-refractivity contribution is -0.877. The van der Waals surface area contributed by atoms with Crippen molar-refractivity contribution in [3.05, 3.63) is 40.7 Å². The standard InChI is InChI=1S/C20H25NO7/c1-5-14-10-12(2)20(4,28-13(3)22)19(24)26-11-15-6-8-21(25)9-7-16(17(15)21)27-18(14)23/h5-6,16-17H,2,7-11H2,1,3-4H3/b14-5+. The van der Waals surface area contributed by atoms with Crippen molar-refractivity contribution in [2.45, 2.75) is 51.4 Å². The molecule has 0 spiro atoms. The third-order valence-corrected chi connectivity index (χ3v) is 5.75. The Kier molecular flexibility index (Phi) is 5.20. The summed E-state index contributed by atoms with van der Waals surface area (Å²) in [6.07, 6.45) is 3.17. The molecule has 0 amide bonds. The zero-order valence-electron chi connectivity index (χ0n) is 16.4. The maximum atomic E-state index is 13.0. The second-order valence-electron chi connectivity index (χ2n) is 7.61. The first-order chi connectivity index (χ1) is 13.1. The van der Waals surface area contributed by atoms with Crippen molar-refractivity contribution >= 4 is 17.9 Å². The van der Waals surface area contributed by atoms with Crippen molar-refractivity contribution < 1.29 is 33.2 Å². The van der Waals surface area contributed by atoms with Crippen LogP contribution in [0, 0.1) is 5.21 Å². The van der Waals surface area contributed by atoms with Crippen LogP contribution in [-0.4, -0.2) is 60.0 Å². The summed E-state index contributed by atoms with van der Waals surface area (Å²) in [7, 11) is 0. The second kappa shape index (κ2) is 7.18. The summed E-state index contributed by atoms with van der Waals surface area (Å²) in [6, 6.07) is -0.586. The lowest BCUT2D eigenvalue weighted by atomic mass is 9.90. The summed E-state index contributed by atoms with van der Waals surface area (Å²) < 4.78 is 15.8. The summed E-state index contributed by atoms with van der Waals surface area (Å²) in [6.45, 7) is 8.55. The van der Waals surface area contributed by atoms with Crippen molar-refractivity contribution in [2.75, 3.05) is 19.7 Å². The van der Waals surface area contributed by atoms with Gasteiger partial charge in [0.15, 0.2) is 12.1 Å². The molecule has 3 rings (SSSR count). The summed E-state index contributed by atoms with van der Waals surface area (Å²) in [5, 5.41) is 13.0. The minimum Gasteiger partial charge on any atom is -0.632 e. The van der Waals surface area contributed by atoms with Crippen LogP contribution in [0.25, 0.3) is 0 Å². The van der Waals surface area contributed by atoms with Crippen molar-refractivity contribution in [1.29, 1.82) is 0 Å². The molecule has 0 saturated carbocycles. The van der Waals surface area contributed by atoms with Crippen LogP contribution in [0.3, 0.4) is 0 Å². The van der Waals surface area contributed by atoms with E-state index in [0.29, 0.717) is 18.5 Å². The molecule has 4 unspecified atom stereocenters. The second-order valence-corrected chi connectivity index (χ2v) is 7.61. The van der Waals surface area contributed by atoms with Gasteiger partial charge in [0.2, 0.25) is 5.60 Å². The summed E-state index contributed by atoms with van der Waals surface area (Å²) in [4.78, 5) is 37.1. The van der Waals surface area contributed by atoms with Crippen LogP contribution in [0.4, 0.5) is 0 Å². The van der Waals surface area contributed by atoms with Crippen LogP contribution in [0.2, 0.25) is 0 Å². The van der Waals surface area contributed by atoms with Gasteiger partial charge in [-0.25, -0.2) is 9.59 Å². The summed E-state index contributed by atoms with van der Waals surface area (Å²) >= 11 is 0. The van der Waals surface area contributed by atoms with Crippen molar-refractivity contribution in [3.63, 3.8) is 0 Å². The van der Waals surface area contributed by atoms with Gasteiger partial charge in [0.05, 0.1) is 13.1 Å². The number of carbonyl (C=O) groups is 3. The number of esters is 3. The van der Waals surface area contributed by atoms with E-state index in [-0.39, 0.29) is 30.7 Å². The fraction of sp³-hybridized carbons (Fsp3) is 0.550. The molecule has 0 N–H and O–H groups in total. The van der Waals surface area contributed by atoms with Gasteiger partial charge in [0.25, 0.3) is 0 Å². The molecule has 3 heterocycles. The minimum atomic E-state index is -1.75. The topological polar surface area (TPSA) is 102 Å². The Bertz CT molecular complexity index is 798. The normalized spacial score (nSPS) is 37.4. The number of rotatable bonds is 1. The molecule has 152 valence electrons. The predicted molar refractivity (Wildman–Crippen MR) is 98.4 cm³/mol. The van der Waals surface area contributed by atoms with Crippen molar-refractivity contribution in [1.82, 2.24) is 0 Å². The Balaban J connectivity index is 1.98. The molecule has 0 aromatic heterocycles. The molecule has 0 aliphatic carbocycles. The van der Waals surface area contributed by atoms with Crippen LogP contribution in [0.5, 0.6) is 0 Å². The van der Waals surface area contributed by atoms with Gasteiger partial charge in [-0.15, -0.1) is 0 Å². The zero-order chi connectivity index (χ0) is 20.7. The molecule has 0 aromatic rings. The van der Waals surface area contributed by atoms with Gasteiger partial charge in [-0.1, -0.05) is 12.7 Å². The number of hydrogen-bond acceptors (Lipinski definition) is 7. The average molecular weight is 391 g/mol. The highest BCUT2D eigenvalue weighted by molar-refractivity contribution is 5.91. The van der Waals surface area contributed by atoms with Crippen LogP contribution >= 0.6 is 0 Å². The Morgan fingerprint density at radius 2 is 2.18 bits per heavy atom. The maximum Gasteiger partial charge on any atom is 0.355 e. The Hall–Kier alpha value is -2.45. The van der Waals surface area contributed by atoms with Gasteiger partial charge >= 0.3 is 17.9 Å². The van der Waals surface area contributed by atoms with Gasteiger partial charge in [-0.3, -0.25) is 4.79 Å². The number of allylic oxidation sites excluding steroid dienone is 1. The number of carbonyl (C=O) groups excluding carboxylic acids is 3. The molecule has 3 aliphatic heterocycles. The molecule has 0 bridgehead atoms. The quantitative estimate of drug-likeness (QED) is 0.167. The Labute approximate surface area is 163 Å². The van der Waals surface area contributed by atoms with Crippen molar-refractivity contribution in [2.24, 2.45) is 0 Å². The van der Waals surface area contributed by atoms with E-state index < -0.39 is 40.3 Å². The molecule has 0 aromatic carbocycles. The van der Waals surface area contributed by atoms with Crippen molar-refractivity contribution in [3.8, 4) is 0 Å². The molecule has 4 atom stereocenters. The average Bonchev–Trinajstić information content (AvgIpc) is 3.11. The van der Waals surface area contributed by atoms with Gasteiger partial charge in [-0.2, -0.15) is 0 Å². The van der Waals surface area contributed by atoms with Gasteiger partial charge in [0.1, 0.15) is 6.61 Å². The molecule has 0 radical (unpaired) electrons. The Morgan fingerprint density at radius 1 is 1.46 bits per heavy atom. The highest BCUT2D eigenvalue weighted by Crippen LogP contribution is 2.39. The van der Waals surface area contributed by atoms with Gasteiger partial charge < -0.3 is 24.1 Å². The number of quaternary nitrogens is 1. The van der Waals surface area contributed by atoms with E-state index in [1.807, 2.05) is 0 Å². The van der Waals surface area contributed by atoms with E-state index in [2.05, 4.69) is 6.58 Å². The van der Waals surface area contributed by atoms with Crippen LogP contribution in [0.15, 0.2) is 35.5 Å². The maximum absolute atomic E-state index is 13.0. The Morgan fingerprint density at radius 3 is 2.82 bits per heavy atom. The van der Waals surface area contributed by atoms with E-state index in [1.165, 1.54) is 13.8 Å². The smallest absolute Gasteiger partial charge is 0.355 e. The largest absolute Gasteiger partial charge is 0.632 e. The minimum absolute atomic E-state index is 0.0222. The number of hydrogen-bond donors (Lipinski definition) is 0. The van der Waals surface area contributed by atoms with E-state index in [9.17, 15) is 19.6 Å². The van der Waals surface area contributed by atoms with Crippen LogP contribution < -0.4 is 0 Å². The number of nitrogens with zero attached hydrogens (tertiary/aromatic N) is 1. The number of hydroxylamine groups is 3. The van der Waals surface area contributed by atoms with E-state index in [1.54, 1.807) is 19.1 Å². The molecule has 8 heteroatoms. The fourth-order valence-electron chi connectivity index (χ4n) is 4.09. The third-order valence-electron chi connectivity index (χ3n) is 5.75.